The first-order valence-electron chi connectivity index (χ1n) is 5.49. The third kappa shape index (κ3) is 1.69. The van der Waals surface area contributed by atoms with Crippen molar-refractivity contribution in [3.05, 3.63) is 39.5 Å². The number of anilines is 1. The summed E-state index contributed by atoms with van der Waals surface area (Å²) in [5.74, 6) is 1.55. The van der Waals surface area contributed by atoms with Crippen LogP contribution in [0.4, 0.5) is 5.82 Å². The van der Waals surface area contributed by atoms with Gasteiger partial charge in [-0.05, 0) is 30.7 Å². The Balaban J connectivity index is 1.94. The Labute approximate surface area is 98.4 Å². The van der Waals surface area contributed by atoms with Crippen molar-refractivity contribution in [2.75, 3.05) is 5.73 Å². The molecule has 2 aromatic rings. The molecule has 0 saturated heterocycles. The van der Waals surface area contributed by atoms with Gasteiger partial charge in [0.25, 0.3) is 0 Å². The highest BCUT2D eigenvalue weighted by Crippen LogP contribution is 2.25. The summed E-state index contributed by atoms with van der Waals surface area (Å²) in [5.41, 5.74) is 8.30. The van der Waals surface area contributed by atoms with E-state index in [4.69, 9.17) is 5.73 Å². The van der Waals surface area contributed by atoms with E-state index in [2.05, 4.69) is 27.5 Å². The van der Waals surface area contributed by atoms with Crippen molar-refractivity contribution in [2.45, 2.75) is 25.7 Å². The van der Waals surface area contributed by atoms with Crippen molar-refractivity contribution in [1.82, 2.24) is 9.97 Å². The van der Waals surface area contributed by atoms with E-state index in [-0.39, 0.29) is 0 Å². The molecule has 2 N–H and O–H groups in total. The molecule has 0 unspecified atom stereocenters. The smallest absolute Gasteiger partial charge is 0.136 e. The van der Waals surface area contributed by atoms with Crippen molar-refractivity contribution >= 4 is 17.2 Å². The Kier molecular flexibility index (Phi) is 2.36. The maximum atomic E-state index is 5.95. The highest BCUT2D eigenvalue weighted by atomic mass is 32.1. The minimum absolute atomic E-state index is 0.689. The standard InChI is InChI=1S/C12H13N3S/c13-12-9-4-1-5-10(9)14-11(15-12)7-8-3-2-6-16-8/h2-3,6H,1,4-5,7H2,(H2,13,14,15). The molecule has 0 aromatic carbocycles. The lowest BCUT2D eigenvalue weighted by Crippen LogP contribution is -2.05. The number of thiophene rings is 1. The summed E-state index contributed by atoms with van der Waals surface area (Å²) in [6, 6.07) is 4.16. The first kappa shape index (κ1) is 9.78. The number of nitrogen functional groups attached to an aromatic ring is 1. The van der Waals surface area contributed by atoms with Gasteiger partial charge < -0.3 is 5.73 Å². The monoisotopic (exact) mass is 231 g/mol. The van der Waals surface area contributed by atoms with E-state index < -0.39 is 0 Å². The van der Waals surface area contributed by atoms with Gasteiger partial charge in [0.15, 0.2) is 0 Å². The maximum absolute atomic E-state index is 5.95. The van der Waals surface area contributed by atoms with E-state index in [0.717, 1.165) is 31.5 Å². The number of hydrogen-bond acceptors (Lipinski definition) is 4. The van der Waals surface area contributed by atoms with E-state index in [1.54, 1.807) is 11.3 Å². The molecule has 0 spiro atoms. The summed E-state index contributed by atoms with van der Waals surface area (Å²) in [5, 5.41) is 2.08. The average Bonchev–Trinajstić information content (AvgIpc) is 2.87. The molecule has 0 radical (unpaired) electrons. The van der Waals surface area contributed by atoms with Crippen LogP contribution in [0.3, 0.4) is 0 Å². The Morgan fingerprint density at radius 3 is 3.06 bits per heavy atom. The fourth-order valence-electron chi connectivity index (χ4n) is 2.16. The fraction of sp³-hybridized carbons (Fsp3) is 0.333. The normalized spacial score (nSPS) is 14.0. The van der Waals surface area contributed by atoms with Crippen LogP contribution in [0, 0.1) is 0 Å². The SMILES string of the molecule is Nc1nc(Cc2cccs2)nc2c1CCC2. The molecule has 16 heavy (non-hydrogen) atoms. The van der Waals surface area contributed by atoms with Crippen LogP contribution >= 0.6 is 11.3 Å². The molecule has 0 atom stereocenters. The number of nitrogens with two attached hydrogens (primary N) is 1. The number of nitrogens with zero attached hydrogens (tertiary/aromatic N) is 2. The van der Waals surface area contributed by atoms with Crippen LogP contribution in [0.15, 0.2) is 17.5 Å². The van der Waals surface area contributed by atoms with Gasteiger partial charge in [-0.25, -0.2) is 9.97 Å². The Hall–Kier alpha value is -1.42. The molecule has 3 rings (SSSR count). The lowest BCUT2D eigenvalue weighted by molar-refractivity contribution is 0.888. The molecule has 0 aliphatic heterocycles. The number of hydrogen-bond donors (Lipinski definition) is 1. The molecule has 0 fully saturated rings. The summed E-state index contributed by atoms with van der Waals surface area (Å²) >= 11 is 1.74. The Morgan fingerprint density at radius 1 is 1.31 bits per heavy atom. The average molecular weight is 231 g/mol. The quantitative estimate of drug-likeness (QED) is 0.862. The van der Waals surface area contributed by atoms with Gasteiger partial charge in [0, 0.05) is 22.6 Å². The number of aromatic nitrogens is 2. The fourth-order valence-corrected chi connectivity index (χ4v) is 2.86. The molecule has 3 nitrogen and oxygen atoms in total. The third-order valence-corrected chi connectivity index (χ3v) is 3.80. The Bertz CT molecular complexity index is 505. The van der Waals surface area contributed by atoms with Gasteiger partial charge in [-0.2, -0.15) is 0 Å². The second-order valence-electron chi connectivity index (χ2n) is 4.06. The van der Waals surface area contributed by atoms with E-state index in [0.29, 0.717) is 5.82 Å². The predicted octanol–water partition coefficient (Wildman–Crippen LogP) is 2.20. The number of aryl methyl sites for hydroxylation is 1. The van der Waals surface area contributed by atoms with Gasteiger partial charge in [-0.3, -0.25) is 0 Å². The molecule has 0 bridgehead atoms. The minimum Gasteiger partial charge on any atom is -0.383 e. The van der Waals surface area contributed by atoms with Gasteiger partial charge in [-0.15, -0.1) is 11.3 Å². The summed E-state index contributed by atoms with van der Waals surface area (Å²) in [6.45, 7) is 0. The van der Waals surface area contributed by atoms with Gasteiger partial charge in [0.2, 0.25) is 0 Å². The predicted molar refractivity (Wildman–Crippen MR) is 65.6 cm³/mol. The van der Waals surface area contributed by atoms with Crippen LogP contribution < -0.4 is 5.73 Å². The lowest BCUT2D eigenvalue weighted by Gasteiger charge is -2.05. The molecular formula is C12H13N3S. The Morgan fingerprint density at radius 2 is 2.25 bits per heavy atom. The zero-order valence-electron chi connectivity index (χ0n) is 8.94. The zero-order valence-corrected chi connectivity index (χ0v) is 9.76. The molecule has 0 amide bonds. The van der Waals surface area contributed by atoms with Crippen LogP contribution in [0.1, 0.15) is 28.4 Å². The molecule has 4 heteroatoms. The van der Waals surface area contributed by atoms with Crippen LogP contribution in [0.25, 0.3) is 0 Å². The number of fused-ring (bicyclic) bond motifs is 1. The van der Waals surface area contributed by atoms with Crippen LogP contribution in [0.5, 0.6) is 0 Å². The van der Waals surface area contributed by atoms with Gasteiger partial charge >= 0.3 is 0 Å². The van der Waals surface area contributed by atoms with Crippen molar-refractivity contribution in [3.8, 4) is 0 Å². The molecule has 2 aromatic heterocycles. The molecule has 1 aliphatic rings. The summed E-state index contributed by atoms with van der Waals surface area (Å²) < 4.78 is 0. The van der Waals surface area contributed by atoms with Crippen molar-refractivity contribution < 1.29 is 0 Å². The topological polar surface area (TPSA) is 51.8 Å². The second kappa shape index (κ2) is 3.87. The van der Waals surface area contributed by atoms with Crippen LogP contribution in [-0.4, -0.2) is 9.97 Å². The van der Waals surface area contributed by atoms with E-state index in [9.17, 15) is 0 Å². The molecule has 1 aliphatic carbocycles. The molecular weight excluding hydrogens is 218 g/mol. The highest BCUT2D eigenvalue weighted by molar-refractivity contribution is 7.09. The molecule has 0 saturated carbocycles. The van der Waals surface area contributed by atoms with Crippen LogP contribution in [-0.2, 0) is 19.3 Å². The lowest BCUT2D eigenvalue weighted by atomic mass is 10.2. The zero-order chi connectivity index (χ0) is 11.0. The number of rotatable bonds is 2. The minimum atomic E-state index is 0.689. The first-order valence-corrected chi connectivity index (χ1v) is 6.37. The third-order valence-electron chi connectivity index (χ3n) is 2.92. The van der Waals surface area contributed by atoms with E-state index in [1.807, 2.05) is 0 Å². The largest absolute Gasteiger partial charge is 0.383 e. The van der Waals surface area contributed by atoms with Gasteiger partial charge in [-0.1, -0.05) is 6.07 Å². The molecule has 2 heterocycles. The van der Waals surface area contributed by atoms with E-state index >= 15 is 0 Å². The summed E-state index contributed by atoms with van der Waals surface area (Å²) in [7, 11) is 0. The van der Waals surface area contributed by atoms with Gasteiger partial charge in [0.05, 0.1) is 0 Å². The highest BCUT2D eigenvalue weighted by Gasteiger charge is 2.17. The van der Waals surface area contributed by atoms with Crippen molar-refractivity contribution in [2.24, 2.45) is 0 Å². The van der Waals surface area contributed by atoms with Gasteiger partial charge in [0.1, 0.15) is 11.6 Å². The summed E-state index contributed by atoms with van der Waals surface area (Å²) in [6.07, 6.45) is 4.06. The second-order valence-corrected chi connectivity index (χ2v) is 5.09. The maximum Gasteiger partial charge on any atom is 0.136 e. The van der Waals surface area contributed by atoms with Crippen molar-refractivity contribution in [3.63, 3.8) is 0 Å². The van der Waals surface area contributed by atoms with E-state index in [1.165, 1.54) is 16.1 Å². The van der Waals surface area contributed by atoms with Crippen LogP contribution in [0.2, 0.25) is 0 Å². The van der Waals surface area contributed by atoms with Crippen molar-refractivity contribution in [1.29, 1.82) is 0 Å². The summed E-state index contributed by atoms with van der Waals surface area (Å²) in [4.78, 5) is 10.3. The molecule has 82 valence electrons. The first-order chi connectivity index (χ1) is 7.83.